The van der Waals surface area contributed by atoms with Crippen LogP contribution in [0.4, 0.5) is 5.69 Å². The number of halogens is 1. The molecule has 2 amide bonds. The second-order valence-electron chi connectivity index (χ2n) is 9.30. The summed E-state index contributed by atoms with van der Waals surface area (Å²) in [5.41, 5.74) is 4.52. The molecule has 1 fully saturated rings. The second-order valence-corrected chi connectivity index (χ2v) is 9.71. The van der Waals surface area contributed by atoms with Gasteiger partial charge in [0.2, 0.25) is 0 Å². The maximum atomic E-state index is 13.4. The lowest BCUT2D eigenvalue weighted by Gasteiger charge is -2.38. The number of pyridine rings is 1. The first kappa shape index (κ1) is 23.4. The minimum atomic E-state index is -0.191. The summed E-state index contributed by atoms with van der Waals surface area (Å²) < 4.78 is 0. The van der Waals surface area contributed by atoms with Crippen molar-refractivity contribution in [3.8, 4) is 0 Å². The van der Waals surface area contributed by atoms with E-state index in [1.165, 1.54) is 11.3 Å². The van der Waals surface area contributed by atoms with Gasteiger partial charge < -0.3 is 15.1 Å². The summed E-state index contributed by atoms with van der Waals surface area (Å²) in [5, 5.41) is 3.55. The van der Waals surface area contributed by atoms with Crippen LogP contribution in [0.15, 0.2) is 67.0 Å². The van der Waals surface area contributed by atoms with E-state index in [0.29, 0.717) is 16.1 Å². The van der Waals surface area contributed by atoms with Crippen molar-refractivity contribution in [1.82, 2.24) is 15.2 Å². The molecule has 2 aromatic carbocycles. The number of anilines is 1. The molecule has 1 saturated heterocycles. The third-order valence-electron chi connectivity index (χ3n) is 7.25. The lowest BCUT2D eigenvalue weighted by atomic mass is 10.00. The zero-order valence-corrected chi connectivity index (χ0v) is 20.5. The van der Waals surface area contributed by atoms with E-state index in [0.717, 1.165) is 44.3 Å². The van der Waals surface area contributed by atoms with Crippen LogP contribution in [-0.4, -0.2) is 47.9 Å². The zero-order valence-electron chi connectivity index (χ0n) is 19.8. The lowest BCUT2D eigenvalue weighted by Crippen LogP contribution is -2.45. The van der Waals surface area contributed by atoms with Crippen LogP contribution in [-0.2, 0) is 6.42 Å². The standard InChI is InChI=1S/C28H29ClN4O2/c1-32(21-12-16-33(17-13-21)22-10-14-30-15-11-22)28(35)20-7-6-19-8-9-26(24(19)18-20)31-27(34)23-4-2-3-5-25(23)29/h2-7,10-11,14-15,18,21,26H,8-9,12-13,16-17H2,1H3,(H,31,34). The Morgan fingerprint density at radius 1 is 1.03 bits per heavy atom. The van der Waals surface area contributed by atoms with Crippen LogP contribution in [0.25, 0.3) is 0 Å². The van der Waals surface area contributed by atoms with Crippen LogP contribution in [0.3, 0.4) is 0 Å². The van der Waals surface area contributed by atoms with Crippen molar-refractivity contribution in [2.75, 3.05) is 25.0 Å². The molecular weight excluding hydrogens is 460 g/mol. The number of fused-ring (bicyclic) bond motifs is 1. The molecule has 35 heavy (non-hydrogen) atoms. The molecule has 5 rings (SSSR count). The van der Waals surface area contributed by atoms with Crippen molar-refractivity contribution < 1.29 is 9.59 Å². The summed E-state index contributed by atoms with van der Waals surface area (Å²) in [5.74, 6) is -0.165. The lowest BCUT2D eigenvalue weighted by molar-refractivity contribution is 0.0709. The van der Waals surface area contributed by atoms with E-state index in [2.05, 4.69) is 15.2 Å². The van der Waals surface area contributed by atoms with Gasteiger partial charge in [-0.1, -0.05) is 29.8 Å². The monoisotopic (exact) mass is 488 g/mol. The summed E-state index contributed by atoms with van der Waals surface area (Å²) in [6, 6.07) is 17.1. The molecule has 7 heteroatoms. The number of nitrogens with zero attached hydrogens (tertiary/aromatic N) is 3. The average Bonchev–Trinajstić information content (AvgIpc) is 3.30. The fourth-order valence-corrected chi connectivity index (χ4v) is 5.42. The molecule has 1 aliphatic heterocycles. The Hall–Kier alpha value is -3.38. The van der Waals surface area contributed by atoms with Crippen LogP contribution in [0.1, 0.15) is 57.1 Å². The molecule has 2 heterocycles. The molecule has 0 saturated carbocycles. The molecule has 180 valence electrons. The van der Waals surface area contributed by atoms with Crippen molar-refractivity contribution in [1.29, 1.82) is 0 Å². The van der Waals surface area contributed by atoms with Crippen LogP contribution in [0, 0.1) is 0 Å². The fourth-order valence-electron chi connectivity index (χ4n) is 5.20. The normalized spacial score (nSPS) is 17.7. The first-order valence-electron chi connectivity index (χ1n) is 12.1. The van der Waals surface area contributed by atoms with Gasteiger partial charge in [-0.2, -0.15) is 0 Å². The summed E-state index contributed by atoms with van der Waals surface area (Å²) in [4.78, 5) is 34.5. The third kappa shape index (κ3) is 4.89. The smallest absolute Gasteiger partial charge is 0.253 e. The van der Waals surface area contributed by atoms with Crippen LogP contribution in [0.5, 0.6) is 0 Å². The SMILES string of the molecule is CN(C(=O)c1ccc2c(c1)C(NC(=O)c1ccccc1Cl)CC2)C1CCN(c2ccncc2)CC1. The van der Waals surface area contributed by atoms with Gasteiger partial charge in [-0.3, -0.25) is 14.6 Å². The molecule has 3 aromatic rings. The molecule has 2 aliphatic rings. The topological polar surface area (TPSA) is 65.5 Å². The van der Waals surface area contributed by atoms with Gasteiger partial charge in [-0.15, -0.1) is 0 Å². The Kier molecular flexibility index (Phi) is 6.73. The third-order valence-corrected chi connectivity index (χ3v) is 7.58. The zero-order chi connectivity index (χ0) is 24.4. The van der Waals surface area contributed by atoms with Crippen molar-refractivity contribution in [2.24, 2.45) is 0 Å². The van der Waals surface area contributed by atoms with Crippen LogP contribution < -0.4 is 10.2 Å². The molecule has 0 radical (unpaired) electrons. The Morgan fingerprint density at radius 2 is 1.77 bits per heavy atom. The average molecular weight is 489 g/mol. The van der Waals surface area contributed by atoms with Gasteiger partial charge >= 0.3 is 0 Å². The highest BCUT2D eigenvalue weighted by Gasteiger charge is 2.29. The van der Waals surface area contributed by atoms with Crippen molar-refractivity contribution in [3.05, 3.63) is 94.3 Å². The number of rotatable bonds is 5. The fraction of sp³-hybridized carbons (Fsp3) is 0.321. The van der Waals surface area contributed by atoms with Crippen molar-refractivity contribution in [2.45, 2.75) is 37.8 Å². The molecule has 1 unspecified atom stereocenters. The molecule has 1 atom stereocenters. The molecule has 6 nitrogen and oxygen atoms in total. The second kappa shape index (κ2) is 10.1. The number of aromatic nitrogens is 1. The first-order chi connectivity index (χ1) is 17.0. The Morgan fingerprint density at radius 3 is 2.51 bits per heavy atom. The van der Waals surface area contributed by atoms with Gasteiger partial charge in [0.1, 0.15) is 0 Å². The van der Waals surface area contributed by atoms with Gasteiger partial charge in [-0.05, 0) is 73.2 Å². The Balaban J connectivity index is 1.25. The van der Waals surface area contributed by atoms with Crippen LogP contribution >= 0.6 is 11.6 Å². The van der Waals surface area contributed by atoms with Crippen molar-refractivity contribution >= 4 is 29.1 Å². The number of hydrogen-bond acceptors (Lipinski definition) is 4. The van der Waals surface area contributed by atoms with Crippen LogP contribution in [0.2, 0.25) is 5.02 Å². The molecule has 0 spiro atoms. The molecule has 0 bridgehead atoms. The maximum absolute atomic E-state index is 13.4. The predicted octanol–water partition coefficient (Wildman–Crippen LogP) is 4.89. The minimum absolute atomic E-state index is 0.0261. The number of benzene rings is 2. The highest BCUT2D eigenvalue weighted by Crippen LogP contribution is 2.33. The van der Waals surface area contributed by atoms with Gasteiger partial charge in [-0.25, -0.2) is 0 Å². The number of amides is 2. The van der Waals surface area contributed by atoms with E-state index in [1.807, 2.05) is 54.7 Å². The maximum Gasteiger partial charge on any atom is 0.253 e. The Bertz CT molecular complexity index is 1220. The van der Waals surface area contributed by atoms with Gasteiger partial charge in [0.25, 0.3) is 11.8 Å². The van der Waals surface area contributed by atoms with Gasteiger partial charge in [0, 0.05) is 49.8 Å². The summed E-state index contributed by atoms with van der Waals surface area (Å²) >= 11 is 6.21. The van der Waals surface area contributed by atoms with E-state index >= 15 is 0 Å². The highest BCUT2D eigenvalue weighted by atomic mass is 35.5. The Labute approximate surface area is 210 Å². The number of hydrogen-bond donors (Lipinski definition) is 1. The van der Waals surface area contributed by atoms with E-state index in [9.17, 15) is 9.59 Å². The summed E-state index contributed by atoms with van der Waals surface area (Å²) in [6.07, 6.45) is 7.16. The van der Waals surface area contributed by atoms with E-state index in [4.69, 9.17) is 11.6 Å². The molecule has 1 N–H and O–H groups in total. The molecule has 1 aromatic heterocycles. The number of aryl methyl sites for hydroxylation is 1. The minimum Gasteiger partial charge on any atom is -0.371 e. The van der Waals surface area contributed by atoms with E-state index < -0.39 is 0 Å². The van der Waals surface area contributed by atoms with Gasteiger partial charge in [0.15, 0.2) is 0 Å². The first-order valence-corrected chi connectivity index (χ1v) is 12.5. The quantitative estimate of drug-likeness (QED) is 0.555. The van der Waals surface area contributed by atoms with Gasteiger partial charge in [0.05, 0.1) is 16.6 Å². The molecular formula is C28H29ClN4O2. The number of carbonyl (C=O) groups excluding carboxylic acids is 2. The number of carbonyl (C=O) groups is 2. The summed E-state index contributed by atoms with van der Waals surface area (Å²) in [7, 11) is 1.90. The van der Waals surface area contributed by atoms with E-state index in [-0.39, 0.29) is 23.9 Å². The number of nitrogens with one attached hydrogen (secondary N) is 1. The predicted molar refractivity (Wildman–Crippen MR) is 138 cm³/mol. The summed E-state index contributed by atoms with van der Waals surface area (Å²) in [6.45, 7) is 1.82. The highest BCUT2D eigenvalue weighted by molar-refractivity contribution is 6.33. The number of piperidine rings is 1. The largest absolute Gasteiger partial charge is 0.371 e. The molecule has 1 aliphatic carbocycles. The van der Waals surface area contributed by atoms with E-state index in [1.54, 1.807) is 24.3 Å². The van der Waals surface area contributed by atoms with Crippen molar-refractivity contribution in [3.63, 3.8) is 0 Å².